The molecule has 18 heavy (non-hydrogen) atoms. The first-order chi connectivity index (χ1) is 8.74. The summed E-state index contributed by atoms with van der Waals surface area (Å²) in [7, 11) is 0. The Morgan fingerprint density at radius 3 is 2.67 bits per heavy atom. The lowest BCUT2D eigenvalue weighted by Crippen LogP contribution is -1.93. The van der Waals surface area contributed by atoms with E-state index in [9.17, 15) is 9.18 Å². The van der Waals surface area contributed by atoms with Crippen molar-refractivity contribution in [2.45, 2.75) is 0 Å². The molecule has 0 saturated heterocycles. The Bertz CT molecular complexity index is 650. The quantitative estimate of drug-likeness (QED) is 0.720. The van der Waals surface area contributed by atoms with Crippen molar-refractivity contribution in [1.29, 1.82) is 0 Å². The average molecular weight is 241 g/mol. The number of ether oxygens (including phenoxy) is 1. The van der Waals surface area contributed by atoms with E-state index < -0.39 is 11.8 Å². The first-order valence-electron chi connectivity index (χ1n) is 5.38. The number of hydrogen-bond acceptors (Lipinski definition) is 3. The van der Waals surface area contributed by atoms with Crippen molar-refractivity contribution in [3.8, 4) is 0 Å². The minimum Gasteiger partial charge on any atom is -0.422 e. The van der Waals surface area contributed by atoms with Crippen LogP contribution in [0.2, 0.25) is 0 Å². The molecule has 1 aliphatic rings. The second-order valence-electron chi connectivity index (χ2n) is 3.87. The molecular weight excluding hydrogens is 233 g/mol. The molecule has 88 valence electrons. The van der Waals surface area contributed by atoms with Crippen LogP contribution in [0.15, 0.2) is 42.7 Å². The zero-order chi connectivity index (χ0) is 12.5. The molecule has 0 aliphatic carbocycles. The van der Waals surface area contributed by atoms with Crippen molar-refractivity contribution >= 4 is 17.8 Å². The van der Waals surface area contributed by atoms with Crippen LogP contribution in [0.25, 0.3) is 11.8 Å². The van der Waals surface area contributed by atoms with Gasteiger partial charge < -0.3 is 4.74 Å². The van der Waals surface area contributed by atoms with Crippen molar-refractivity contribution in [3.63, 3.8) is 0 Å². The molecule has 2 heterocycles. The van der Waals surface area contributed by atoms with Crippen LogP contribution in [0, 0.1) is 5.82 Å². The fourth-order valence-electron chi connectivity index (χ4n) is 1.83. The fourth-order valence-corrected chi connectivity index (χ4v) is 1.83. The zero-order valence-corrected chi connectivity index (χ0v) is 9.26. The third-order valence-corrected chi connectivity index (χ3v) is 2.67. The van der Waals surface area contributed by atoms with Crippen LogP contribution in [-0.4, -0.2) is 11.0 Å². The van der Waals surface area contributed by atoms with Gasteiger partial charge in [-0.05, 0) is 42.0 Å². The monoisotopic (exact) mass is 241 g/mol. The summed E-state index contributed by atoms with van der Waals surface area (Å²) in [5.74, 6) is -0.540. The number of cyclic esters (lactones) is 1. The minimum atomic E-state index is -0.523. The standard InChI is InChI=1S/C14H8FNO2/c15-10-1-2-11-12(8-10)14(17)18-13(11)7-9-3-5-16-6-4-9/h1-8H. The van der Waals surface area contributed by atoms with Crippen LogP contribution < -0.4 is 0 Å². The van der Waals surface area contributed by atoms with Crippen LogP contribution >= 0.6 is 0 Å². The Morgan fingerprint density at radius 1 is 1.11 bits per heavy atom. The van der Waals surface area contributed by atoms with Crippen molar-refractivity contribution in [1.82, 2.24) is 4.98 Å². The molecule has 0 saturated carbocycles. The molecule has 2 aromatic rings. The third kappa shape index (κ3) is 1.78. The number of benzene rings is 1. The summed E-state index contributed by atoms with van der Waals surface area (Å²) in [6.45, 7) is 0. The number of hydrogen-bond donors (Lipinski definition) is 0. The average Bonchev–Trinajstić information content (AvgIpc) is 2.67. The van der Waals surface area contributed by atoms with Crippen molar-refractivity contribution in [2.75, 3.05) is 0 Å². The summed E-state index contributed by atoms with van der Waals surface area (Å²) >= 11 is 0. The number of esters is 1. The number of carbonyl (C=O) groups excluding carboxylic acids is 1. The largest absolute Gasteiger partial charge is 0.422 e. The lowest BCUT2D eigenvalue weighted by atomic mass is 10.1. The van der Waals surface area contributed by atoms with E-state index >= 15 is 0 Å². The summed E-state index contributed by atoms with van der Waals surface area (Å²) in [5, 5.41) is 0. The molecule has 3 rings (SSSR count). The van der Waals surface area contributed by atoms with E-state index in [1.54, 1.807) is 36.7 Å². The van der Waals surface area contributed by atoms with Crippen molar-refractivity contribution in [2.24, 2.45) is 0 Å². The third-order valence-electron chi connectivity index (χ3n) is 2.67. The highest BCUT2D eigenvalue weighted by atomic mass is 19.1. The predicted molar refractivity (Wildman–Crippen MR) is 63.9 cm³/mol. The van der Waals surface area contributed by atoms with Crippen LogP contribution in [0.3, 0.4) is 0 Å². The van der Waals surface area contributed by atoms with Crippen molar-refractivity contribution < 1.29 is 13.9 Å². The second kappa shape index (κ2) is 4.07. The molecule has 3 nitrogen and oxygen atoms in total. The first-order valence-corrected chi connectivity index (χ1v) is 5.38. The summed E-state index contributed by atoms with van der Waals surface area (Å²) in [6, 6.07) is 7.62. The molecular formula is C14H8FNO2. The van der Waals surface area contributed by atoms with Gasteiger partial charge in [0, 0.05) is 18.0 Å². The minimum absolute atomic E-state index is 0.260. The van der Waals surface area contributed by atoms with E-state index in [2.05, 4.69) is 4.98 Å². The molecule has 1 aromatic carbocycles. The molecule has 0 amide bonds. The second-order valence-corrected chi connectivity index (χ2v) is 3.87. The lowest BCUT2D eigenvalue weighted by molar-refractivity contribution is 0.0716. The molecule has 1 aromatic heterocycles. The topological polar surface area (TPSA) is 39.2 Å². The van der Waals surface area contributed by atoms with E-state index in [1.807, 2.05) is 0 Å². The highest BCUT2D eigenvalue weighted by Gasteiger charge is 2.26. The maximum Gasteiger partial charge on any atom is 0.344 e. The van der Waals surface area contributed by atoms with E-state index in [-0.39, 0.29) is 5.56 Å². The Morgan fingerprint density at radius 2 is 1.89 bits per heavy atom. The van der Waals surface area contributed by atoms with Crippen LogP contribution in [0.4, 0.5) is 4.39 Å². The van der Waals surface area contributed by atoms with Crippen molar-refractivity contribution in [3.05, 3.63) is 65.2 Å². The zero-order valence-electron chi connectivity index (χ0n) is 9.26. The Balaban J connectivity index is 2.08. The SMILES string of the molecule is O=C1OC(=Cc2ccncc2)c2ccc(F)cc21. The summed E-state index contributed by atoms with van der Waals surface area (Å²) in [6.07, 6.45) is 5.02. The number of rotatable bonds is 1. The first kappa shape index (κ1) is 10.7. The fraction of sp³-hybridized carbons (Fsp3) is 0. The molecule has 0 radical (unpaired) electrons. The van der Waals surface area contributed by atoms with Crippen LogP contribution in [0.1, 0.15) is 21.5 Å². The normalized spacial score (nSPS) is 15.6. The highest BCUT2D eigenvalue weighted by Crippen LogP contribution is 2.31. The maximum atomic E-state index is 13.1. The van der Waals surface area contributed by atoms with Crippen LogP contribution in [0.5, 0.6) is 0 Å². The van der Waals surface area contributed by atoms with E-state index in [0.29, 0.717) is 11.3 Å². The van der Waals surface area contributed by atoms with Gasteiger partial charge in [0.15, 0.2) is 0 Å². The molecule has 4 heteroatoms. The number of nitrogens with zero attached hydrogens (tertiary/aromatic N) is 1. The van der Waals surface area contributed by atoms with Gasteiger partial charge in [0.1, 0.15) is 11.6 Å². The maximum absolute atomic E-state index is 13.1. The van der Waals surface area contributed by atoms with Gasteiger partial charge in [-0.25, -0.2) is 9.18 Å². The lowest BCUT2D eigenvalue weighted by Gasteiger charge is -1.98. The van der Waals surface area contributed by atoms with E-state index in [1.165, 1.54) is 12.1 Å². The van der Waals surface area contributed by atoms with Crippen LogP contribution in [-0.2, 0) is 4.74 Å². The van der Waals surface area contributed by atoms with E-state index in [0.717, 1.165) is 5.56 Å². The number of pyridine rings is 1. The smallest absolute Gasteiger partial charge is 0.344 e. The van der Waals surface area contributed by atoms with Gasteiger partial charge in [0.2, 0.25) is 0 Å². The predicted octanol–water partition coefficient (Wildman–Crippen LogP) is 2.89. The number of aromatic nitrogens is 1. The van der Waals surface area contributed by atoms with Gasteiger partial charge in [0.05, 0.1) is 5.56 Å². The van der Waals surface area contributed by atoms with Gasteiger partial charge in [0.25, 0.3) is 0 Å². The molecule has 0 fully saturated rings. The Hall–Kier alpha value is -2.49. The summed E-state index contributed by atoms with van der Waals surface area (Å²) < 4.78 is 18.2. The Kier molecular flexibility index (Phi) is 2.41. The van der Waals surface area contributed by atoms with Gasteiger partial charge in [-0.2, -0.15) is 0 Å². The number of carbonyl (C=O) groups is 1. The van der Waals surface area contributed by atoms with Gasteiger partial charge >= 0.3 is 5.97 Å². The highest BCUT2D eigenvalue weighted by molar-refractivity contribution is 6.05. The van der Waals surface area contributed by atoms with Gasteiger partial charge in [-0.1, -0.05) is 0 Å². The number of halogens is 1. The van der Waals surface area contributed by atoms with Gasteiger partial charge in [-0.15, -0.1) is 0 Å². The molecule has 0 unspecified atom stereocenters. The molecule has 0 spiro atoms. The molecule has 0 bridgehead atoms. The summed E-state index contributed by atoms with van der Waals surface area (Å²) in [4.78, 5) is 15.5. The number of fused-ring (bicyclic) bond motifs is 1. The Labute approximate surface area is 103 Å². The van der Waals surface area contributed by atoms with E-state index in [4.69, 9.17) is 4.74 Å². The molecule has 1 aliphatic heterocycles. The molecule has 0 N–H and O–H groups in total. The summed E-state index contributed by atoms with van der Waals surface area (Å²) in [5.41, 5.74) is 1.73. The van der Waals surface area contributed by atoms with Gasteiger partial charge in [-0.3, -0.25) is 4.98 Å². The molecule has 0 atom stereocenters.